The third-order valence-electron chi connectivity index (χ3n) is 5.12. The van der Waals surface area contributed by atoms with Crippen LogP contribution in [0.4, 0.5) is 0 Å². The summed E-state index contributed by atoms with van der Waals surface area (Å²) in [6.45, 7) is 5.53. The Labute approximate surface area is 229 Å². The Balaban J connectivity index is 0.00000481. The Kier molecular flexibility index (Phi) is 11.9. The summed E-state index contributed by atoms with van der Waals surface area (Å²) in [6.07, 6.45) is 0.399. The van der Waals surface area contributed by atoms with Gasteiger partial charge >= 0.3 is 0 Å². The molecule has 3 N–H and O–H groups in total. The predicted molar refractivity (Wildman–Crippen MR) is 152 cm³/mol. The van der Waals surface area contributed by atoms with E-state index in [4.69, 9.17) is 4.74 Å². The van der Waals surface area contributed by atoms with Gasteiger partial charge in [0.25, 0.3) is 5.91 Å². The number of aliphatic hydroxyl groups excluding tert-OH is 1. The first-order chi connectivity index (χ1) is 17.1. The van der Waals surface area contributed by atoms with Crippen LogP contribution in [0.2, 0.25) is 0 Å². The van der Waals surface area contributed by atoms with E-state index in [1.165, 1.54) is 11.8 Å². The van der Waals surface area contributed by atoms with E-state index < -0.39 is 22.0 Å². The van der Waals surface area contributed by atoms with Crippen molar-refractivity contribution >= 4 is 40.1 Å². The highest BCUT2D eigenvalue weighted by Crippen LogP contribution is 2.32. The highest BCUT2D eigenvalue weighted by molar-refractivity contribution is 8.00. The first-order valence-electron chi connectivity index (χ1n) is 11.6. The van der Waals surface area contributed by atoms with Gasteiger partial charge in [0, 0.05) is 23.2 Å². The van der Waals surface area contributed by atoms with Gasteiger partial charge in [-0.05, 0) is 41.0 Å². The molecule has 10 heteroatoms. The fourth-order valence-electron chi connectivity index (χ4n) is 3.48. The van der Waals surface area contributed by atoms with Crippen LogP contribution < -0.4 is 14.8 Å². The van der Waals surface area contributed by atoms with Gasteiger partial charge in [-0.25, -0.2) is 13.1 Å². The van der Waals surface area contributed by atoms with E-state index in [0.717, 1.165) is 28.7 Å². The zero-order valence-electron chi connectivity index (χ0n) is 21.0. The topological polar surface area (TPSA) is 105 Å². The molecule has 200 valence electrons. The summed E-state index contributed by atoms with van der Waals surface area (Å²) in [5.74, 6) is 0.0888. The minimum Gasteiger partial charge on any atom is -0.492 e. The van der Waals surface area contributed by atoms with Crippen LogP contribution in [0.15, 0.2) is 77.7 Å². The molecule has 0 aromatic heterocycles. The Morgan fingerprint density at radius 2 is 1.65 bits per heavy atom. The second-order valence-corrected chi connectivity index (χ2v) is 12.0. The zero-order chi connectivity index (χ0) is 26.1. The van der Waals surface area contributed by atoms with Crippen molar-refractivity contribution < 1.29 is 23.1 Å². The lowest BCUT2D eigenvalue weighted by Crippen LogP contribution is -2.29. The van der Waals surface area contributed by atoms with Crippen molar-refractivity contribution in [1.29, 1.82) is 0 Å². The van der Waals surface area contributed by atoms with Gasteiger partial charge in [-0.2, -0.15) is 0 Å². The predicted octanol–water partition coefficient (Wildman–Crippen LogP) is 4.67. The average Bonchev–Trinajstić information content (AvgIpc) is 2.83. The van der Waals surface area contributed by atoms with Gasteiger partial charge in [0.2, 0.25) is 10.0 Å². The summed E-state index contributed by atoms with van der Waals surface area (Å²) in [5, 5.41) is 13.6. The van der Waals surface area contributed by atoms with Crippen LogP contribution in [-0.4, -0.2) is 50.6 Å². The largest absolute Gasteiger partial charge is 0.492 e. The van der Waals surface area contributed by atoms with Gasteiger partial charge in [0.05, 0.1) is 17.9 Å². The summed E-state index contributed by atoms with van der Waals surface area (Å²) in [6, 6.07) is 22.5. The standard InChI is InChI=1S/C27H32N2O5S2.ClH/c1-19(2)35-26-17-22(11-14-24(26)27(31)29-36(3,32)33)20-9-12-23(13-10-20)34-16-15-28-18-25(30)21-7-5-4-6-8-21;/h4-14,17,19,25,28,30H,15-16,18H2,1-3H3,(H,29,31);1H/t25-;/m1./s1. The van der Waals surface area contributed by atoms with Crippen LogP contribution in [0.5, 0.6) is 5.75 Å². The number of sulfonamides is 1. The van der Waals surface area contributed by atoms with Crippen LogP contribution in [0, 0.1) is 0 Å². The molecule has 0 heterocycles. The summed E-state index contributed by atoms with van der Waals surface area (Å²) >= 11 is 1.50. The molecule has 1 amide bonds. The molecule has 3 aromatic carbocycles. The molecule has 1 atom stereocenters. The number of hydrogen-bond donors (Lipinski definition) is 3. The maximum Gasteiger partial charge on any atom is 0.265 e. The van der Waals surface area contributed by atoms with Crippen LogP contribution in [0.1, 0.15) is 35.9 Å². The molecule has 0 unspecified atom stereocenters. The minimum absolute atomic E-state index is 0. The van der Waals surface area contributed by atoms with Gasteiger partial charge in [0.1, 0.15) is 12.4 Å². The first kappa shape index (κ1) is 30.7. The van der Waals surface area contributed by atoms with Gasteiger partial charge < -0.3 is 15.2 Å². The lowest BCUT2D eigenvalue weighted by Gasteiger charge is -2.14. The molecular formula is C27H33ClN2O5S2. The number of halogens is 1. The lowest BCUT2D eigenvalue weighted by molar-refractivity contribution is 0.0979. The summed E-state index contributed by atoms with van der Waals surface area (Å²) < 4.78 is 30.8. The average molecular weight is 565 g/mol. The van der Waals surface area contributed by atoms with Gasteiger partial charge in [0.15, 0.2) is 0 Å². The second kappa shape index (κ2) is 14.4. The third kappa shape index (κ3) is 10.0. The SMILES string of the molecule is CC(C)Sc1cc(-c2ccc(OCCNC[C@@H](O)c3ccccc3)cc2)ccc1C(=O)NS(C)(=O)=O.Cl. The fraction of sp³-hybridized carbons (Fsp3) is 0.296. The molecule has 3 aromatic rings. The van der Waals surface area contributed by atoms with Crippen molar-refractivity contribution in [2.75, 3.05) is 26.0 Å². The summed E-state index contributed by atoms with van der Waals surface area (Å²) in [4.78, 5) is 13.2. The normalized spacial score (nSPS) is 12.0. The van der Waals surface area contributed by atoms with E-state index in [1.54, 1.807) is 12.1 Å². The van der Waals surface area contributed by atoms with E-state index in [0.29, 0.717) is 30.2 Å². The summed E-state index contributed by atoms with van der Waals surface area (Å²) in [5.41, 5.74) is 3.07. The van der Waals surface area contributed by atoms with Gasteiger partial charge in [-0.15, -0.1) is 24.2 Å². The van der Waals surface area contributed by atoms with E-state index in [1.807, 2.05) is 79.2 Å². The van der Waals surface area contributed by atoms with Crippen molar-refractivity contribution in [3.05, 3.63) is 83.9 Å². The van der Waals surface area contributed by atoms with Gasteiger partial charge in [-0.1, -0.05) is 62.4 Å². The number of amides is 1. The maximum absolute atomic E-state index is 12.5. The summed E-state index contributed by atoms with van der Waals surface area (Å²) in [7, 11) is -3.65. The molecule has 3 rings (SSSR count). The number of carbonyl (C=O) groups is 1. The van der Waals surface area contributed by atoms with E-state index in [2.05, 4.69) is 5.32 Å². The quantitative estimate of drug-likeness (QED) is 0.217. The highest BCUT2D eigenvalue weighted by atomic mass is 35.5. The Morgan fingerprint density at radius 1 is 1.00 bits per heavy atom. The molecule has 0 radical (unpaired) electrons. The highest BCUT2D eigenvalue weighted by Gasteiger charge is 2.17. The van der Waals surface area contributed by atoms with Crippen LogP contribution in [0.25, 0.3) is 11.1 Å². The Morgan fingerprint density at radius 3 is 2.27 bits per heavy atom. The monoisotopic (exact) mass is 564 g/mol. The van der Waals surface area contributed by atoms with Crippen molar-refractivity contribution in [1.82, 2.24) is 10.0 Å². The molecule has 0 aliphatic carbocycles. The number of nitrogens with one attached hydrogen (secondary N) is 2. The Hall–Kier alpha value is -2.56. The van der Waals surface area contributed by atoms with Crippen molar-refractivity contribution in [2.24, 2.45) is 0 Å². The molecule has 7 nitrogen and oxygen atoms in total. The van der Waals surface area contributed by atoms with Crippen molar-refractivity contribution in [3.63, 3.8) is 0 Å². The van der Waals surface area contributed by atoms with Crippen LogP contribution >= 0.6 is 24.2 Å². The lowest BCUT2D eigenvalue weighted by atomic mass is 10.0. The zero-order valence-corrected chi connectivity index (χ0v) is 23.5. The number of aliphatic hydroxyl groups is 1. The molecular weight excluding hydrogens is 532 g/mol. The van der Waals surface area contributed by atoms with E-state index in [-0.39, 0.29) is 17.7 Å². The second-order valence-electron chi connectivity index (χ2n) is 8.58. The molecule has 0 saturated heterocycles. The molecule has 0 bridgehead atoms. The third-order valence-corrected chi connectivity index (χ3v) is 6.74. The molecule has 0 aliphatic heterocycles. The fourth-order valence-corrected chi connectivity index (χ4v) is 4.92. The molecule has 37 heavy (non-hydrogen) atoms. The number of hydrogen-bond acceptors (Lipinski definition) is 7. The first-order valence-corrected chi connectivity index (χ1v) is 14.4. The number of benzene rings is 3. The van der Waals surface area contributed by atoms with Crippen LogP contribution in [0.3, 0.4) is 0 Å². The van der Waals surface area contributed by atoms with E-state index >= 15 is 0 Å². The smallest absolute Gasteiger partial charge is 0.265 e. The molecule has 0 fully saturated rings. The number of carbonyl (C=O) groups excluding carboxylic acids is 1. The van der Waals surface area contributed by atoms with Crippen molar-refractivity contribution in [2.45, 2.75) is 30.1 Å². The van der Waals surface area contributed by atoms with Crippen molar-refractivity contribution in [3.8, 4) is 16.9 Å². The minimum atomic E-state index is -3.65. The van der Waals surface area contributed by atoms with Crippen LogP contribution in [-0.2, 0) is 10.0 Å². The Bertz CT molecular complexity index is 1250. The number of thioether (sulfide) groups is 1. The maximum atomic E-state index is 12.5. The molecule has 0 aliphatic rings. The van der Waals surface area contributed by atoms with Gasteiger partial charge in [-0.3, -0.25) is 4.79 Å². The molecule has 0 saturated carbocycles. The number of ether oxygens (including phenoxy) is 1. The van der Waals surface area contributed by atoms with E-state index in [9.17, 15) is 18.3 Å². The number of rotatable bonds is 12. The molecule has 0 spiro atoms.